The summed E-state index contributed by atoms with van der Waals surface area (Å²) in [6.07, 6.45) is 4.84. The zero-order valence-electron chi connectivity index (χ0n) is 17.3. The van der Waals surface area contributed by atoms with E-state index in [4.69, 9.17) is 9.72 Å². The Hall–Kier alpha value is -3.87. The second-order valence-corrected chi connectivity index (χ2v) is 7.25. The number of hydrogen-bond acceptors (Lipinski definition) is 4. The van der Waals surface area contributed by atoms with Crippen LogP contribution in [0.25, 0.3) is 11.0 Å². The van der Waals surface area contributed by atoms with Gasteiger partial charge < -0.3 is 20.4 Å². The number of imidazole rings is 1. The number of hydrogen-bond donors (Lipinski definition) is 3. The smallest absolute Gasteiger partial charge is 0.315 e. The van der Waals surface area contributed by atoms with Crippen LogP contribution in [0, 0.1) is 0 Å². The minimum atomic E-state index is -0.304. The van der Waals surface area contributed by atoms with Crippen LogP contribution in [-0.4, -0.2) is 34.6 Å². The summed E-state index contributed by atoms with van der Waals surface area (Å²) in [5.74, 6) is 1.52. The number of nitrogens with zero attached hydrogens (tertiary/aromatic N) is 2. The van der Waals surface area contributed by atoms with Gasteiger partial charge in [0.25, 0.3) is 0 Å². The number of methoxy groups -OCH3 is 1. The highest BCUT2D eigenvalue weighted by Crippen LogP contribution is 2.21. The third-order valence-electron chi connectivity index (χ3n) is 5.09. The van der Waals surface area contributed by atoms with Gasteiger partial charge >= 0.3 is 6.03 Å². The number of fused-ring (bicyclic) bond motifs is 1. The maximum absolute atomic E-state index is 12.6. The fourth-order valence-electron chi connectivity index (χ4n) is 3.43. The van der Waals surface area contributed by atoms with Crippen LogP contribution in [-0.2, 0) is 12.8 Å². The lowest BCUT2D eigenvalue weighted by Gasteiger charge is -2.18. The lowest BCUT2D eigenvalue weighted by atomic mass is 10.1. The molecule has 0 aliphatic carbocycles. The summed E-state index contributed by atoms with van der Waals surface area (Å²) in [5.41, 5.74) is 4.01. The summed E-state index contributed by atoms with van der Waals surface area (Å²) < 4.78 is 5.24. The van der Waals surface area contributed by atoms with Gasteiger partial charge in [0.2, 0.25) is 0 Å². The number of para-hydroxylation sites is 2. The minimum absolute atomic E-state index is 0.229. The Bertz CT molecular complexity index is 1090. The van der Waals surface area contributed by atoms with E-state index in [2.05, 4.69) is 20.6 Å². The molecular weight excluding hydrogens is 390 g/mol. The SMILES string of the molecule is COc1ccc(CC(NC(=O)NCCc2ccncc2)c2nc3ccccc3[nH]2)cc1. The van der Waals surface area contributed by atoms with Crippen LogP contribution < -0.4 is 15.4 Å². The minimum Gasteiger partial charge on any atom is -0.497 e. The van der Waals surface area contributed by atoms with Crippen molar-refractivity contribution in [2.45, 2.75) is 18.9 Å². The van der Waals surface area contributed by atoms with E-state index in [1.165, 1.54) is 0 Å². The number of aromatic amines is 1. The fourth-order valence-corrected chi connectivity index (χ4v) is 3.43. The van der Waals surface area contributed by atoms with Gasteiger partial charge in [-0.2, -0.15) is 0 Å². The molecule has 4 rings (SSSR count). The number of urea groups is 1. The Labute approximate surface area is 180 Å². The molecule has 0 saturated carbocycles. The van der Waals surface area contributed by atoms with E-state index in [0.717, 1.165) is 40.2 Å². The third-order valence-corrected chi connectivity index (χ3v) is 5.09. The Morgan fingerprint density at radius 1 is 1.03 bits per heavy atom. The largest absolute Gasteiger partial charge is 0.497 e. The molecule has 1 unspecified atom stereocenters. The van der Waals surface area contributed by atoms with Crippen LogP contribution in [0.1, 0.15) is 23.0 Å². The van der Waals surface area contributed by atoms with Crippen LogP contribution in [0.15, 0.2) is 73.1 Å². The topological polar surface area (TPSA) is 91.9 Å². The van der Waals surface area contributed by atoms with Gasteiger partial charge in [0, 0.05) is 18.9 Å². The van der Waals surface area contributed by atoms with E-state index >= 15 is 0 Å². The van der Waals surface area contributed by atoms with Crippen molar-refractivity contribution in [1.82, 2.24) is 25.6 Å². The molecule has 0 aliphatic heterocycles. The van der Waals surface area contributed by atoms with E-state index in [0.29, 0.717) is 13.0 Å². The van der Waals surface area contributed by atoms with E-state index in [-0.39, 0.29) is 12.1 Å². The molecule has 1 atom stereocenters. The van der Waals surface area contributed by atoms with Gasteiger partial charge in [0.05, 0.1) is 24.2 Å². The van der Waals surface area contributed by atoms with Gasteiger partial charge in [-0.15, -0.1) is 0 Å². The summed E-state index contributed by atoms with van der Waals surface area (Å²) in [6.45, 7) is 0.533. The van der Waals surface area contributed by atoms with Crippen LogP contribution in [0.4, 0.5) is 4.79 Å². The van der Waals surface area contributed by atoms with Gasteiger partial charge in [0.15, 0.2) is 0 Å². The summed E-state index contributed by atoms with van der Waals surface area (Å²) in [7, 11) is 1.64. The molecule has 4 aromatic rings. The highest BCUT2D eigenvalue weighted by molar-refractivity contribution is 5.76. The van der Waals surface area contributed by atoms with E-state index in [1.807, 2.05) is 60.7 Å². The predicted molar refractivity (Wildman–Crippen MR) is 120 cm³/mol. The average molecular weight is 415 g/mol. The third kappa shape index (κ3) is 5.39. The highest BCUT2D eigenvalue weighted by Gasteiger charge is 2.19. The Morgan fingerprint density at radius 2 is 1.81 bits per heavy atom. The second kappa shape index (κ2) is 9.75. The van der Waals surface area contributed by atoms with Crippen LogP contribution in [0.3, 0.4) is 0 Å². The number of carbonyl (C=O) groups is 1. The number of H-pyrrole nitrogens is 1. The van der Waals surface area contributed by atoms with Crippen molar-refractivity contribution >= 4 is 17.1 Å². The molecule has 31 heavy (non-hydrogen) atoms. The molecule has 0 aliphatic rings. The molecule has 3 N–H and O–H groups in total. The molecule has 0 fully saturated rings. The lowest BCUT2D eigenvalue weighted by molar-refractivity contribution is 0.236. The molecule has 7 heteroatoms. The molecule has 0 bridgehead atoms. The van der Waals surface area contributed by atoms with Crippen LogP contribution in [0.5, 0.6) is 5.75 Å². The Kier molecular flexibility index (Phi) is 6.42. The molecule has 158 valence electrons. The van der Waals surface area contributed by atoms with Crippen molar-refractivity contribution in [3.05, 3.63) is 90.0 Å². The zero-order chi connectivity index (χ0) is 21.5. The molecule has 0 spiro atoms. The first kappa shape index (κ1) is 20.4. The summed E-state index contributed by atoms with van der Waals surface area (Å²) in [6, 6.07) is 19.0. The second-order valence-electron chi connectivity index (χ2n) is 7.25. The number of benzene rings is 2. The van der Waals surface area contributed by atoms with E-state index < -0.39 is 0 Å². The van der Waals surface area contributed by atoms with Gasteiger partial charge in [-0.05, 0) is 60.4 Å². The summed E-state index contributed by atoms with van der Waals surface area (Å²) in [5, 5.41) is 6.01. The maximum atomic E-state index is 12.6. The zero-order valence-corrected chi connectivity index (χ0v) is 17.3. The first-order valence-corrected chi connectivity index (χ1v) is 10.2. The molecule has 2 amide bonds. The van der Waals surface area contributed by atoms with Crippen LogP contribution >= 0.6 is 0 Å². The van der Waals surface area contributed by atoms with Gasteiger partial charge in [-0.1, -0.05) is 24.3 Å². The van der Waals surface area contributed by atoms with Crippen molar-refractivity contribution < 1.29 is 9.53 Å². The summed E-state index contributed by atoms with van der Waals surface area (Å²) in [4.78, 5) is 24.7. The van der Waals surface area contributed by atoms with Crippen LogP contribution in [0.2, 0.25) is 0 Å². The van der Waals surface area contributed by atoms with Gasteiger partial charge in [0.1, 0.15) is 11.6 Å². The first-order chi connectivity index (χ1) is 15.2. The Morgan fingerprint density at radius 3 is 2.55 bits per heavy atom. The number of rotatable bonds is 8. The standard InChI is InChI=1S/C24H25N5O2/c1-31-19-8-6-18(7-9-19)16-22(23-27-20-4-2-3-5-21(20)28-23)29-24(30)26-15-12-17-10-13-25-14-11-17/h2-11,13-14,22H,12,15-16H2,1H3,(H,27,28)(H2,26,29,30). The normalized spacial score (nSPS) is 11.8. The number of carbonyl (C=O) groups excluding carboxylic acids is 1. The first-order valence-electron chi connectivity index (χ1n) is 10.2. The van der Waals surface area contributed by atoms with Crippen molar-refractivity contribution in [3.8, 4) is 5.75 Å². The van der Waals surface area contributed by atoms with Crippen molar-refractivity contribution in [2.24, 2.45) is 0 Å². The average Bonchev–Trinajstić information content (AvgIpc) is 3.24. The number of pyridine rings is 1. The molecule has 0 radical (unpaired) electrons. The summed E-state index contributed by atoms with van der Waals surface area (Å²) >= 11 is 0. The molecule has 7 nitrogen and oxygen atoms in total. The molecule has 2 aromatic heterocycles. The van der Waals surface area contributed by atoms with E-state index in [9.17, 15) is 4.79 Å². The predicted octanol–water partition coefficient (Wildman–Crippen LogP) is 3.79. The van der Waals surface area contributed by atoms with Crippen molar-refractivity contribution in [3.63, 3.8) is 0 Å². The lowest BCUT2D eigenvalue weighted by Crippen LogP contribution is -2.40. The maximum Gasteiger partial charge on any atom is 0.315 e. The van der Waals surface area contributed by atoms with Gasteiger partial charge in [-0.3, -0.25) is 4.98 Å². The van der Waals surface area contributed by atoms with Crippen molar-refractivity contribution in [2.75, 3.05) is 13.7 Å². The quantitative estimate of drug-likeness (QED) is 0.408. The van der Waals surface area contributed by atoms with E-state index in [1.54, 1.807) is 19.5 Å². The molecule has 0 saturated heterocycles. The fraction of sp³-hybridized carbons (Fsp3) is 0.208. The number of ether oxygens (including phenoxy) is 1. The molecular formula is C24H25N5O2. The monoisotopic (exact) mass is 415 g/mol. The van der Waals surface area contributed by atoms with Crippen molar-refractivity contribution in [1.29, 1.82) is 0 Å². The molecule has 2 aromatic carbocycles. The van der Waals surface area contributed by atoms with Gasteiger partial charge in [-0.25, -0.2) is 9.78 Å². The number of amides is 2. The Balaban J connectivity index is 1.46. The molecule has 2 heterocycles. The number of aromatic nitrogens is 3. The number of nitrogens with one attached hydrogen (secondary N) is 3. The highest BCUT2D eigenvalue weighted by atomic mass is 16.5.